The molecule has 0 saturated carbocycles. The summed E-state index contributed by atoms with van der Waals surface area (Å²) < 4.78 is 13.9. The Balaban J connectivity index is 1.22. The Morgan fingerprint density at radius 2 is 1.50 bits per heavy atom. The summed E-state index contributed by atoms with van der Waals surface area (Å²) >= 11 is 1.53. The zero-order valence-electron chi connectivity index (χ0n) is 29.6. The molecule has 2 aliphatic heterocycles. The van der Waals surface area contributed by atoms with Crippen molar-refractivity contribution in [1.82, 2.24) is 4.90 Å². The van der Waals surface area contributed by atoms with Crippen LogP contribution in [0.15, 0.2) is 126 Å². The number of carbonyl (C=O) groups excluding carboxylic acids is 2. The van der Waals surface area contributed by atoms with Crippen LogP contribution >= 0.6 is 11.3 Å². The van der Waals surface area contributed by atoms with Gasteiger partial charge in [0.25, 0.3) is 8.32 Å². The predicted molar refractivity (Wildman–Crippen MR) is 208 cm³/mol. The fraction of sp³-hybridized carbons (Fsp3) is 0.286. The highest BCUT2D eigenvalue weighted by atomic mass is 32.1. The van der Waals surface area contributed by atoms with Crippen molar-refractivity contribution in [3.8, 4) is 5.75 Å². The maximum atomic E-state index is 14.4. The molecule has 0 spiro atoms. The van der Waals surface area contributed by atoms with Gasteiger partial charge in [-0.2, -0.15) is 0 Å². The third kappa shape index (κ3) is 5.77. The minimum absolute atomic E-state index is 0.164. The zero-order valence-corrected chi connectivity index (χ0v) is 31.4. The van der Waals surface area contributed by atoms with Gasteiger partial charge in [0.2, 0.25) is 11.8 Å². The molecule has 1 aromatic heterocycles. The monoisotopic (exact) mass is 727 g/mol. The van der Waals surface area contributed by atoms with Crippen LogP contribution < -0.4 is 10.4 Å². The van der Waals surface area contributed by atoms with Gasteiger partial charge in [-0.25, -0.2) is 0 Å². The highest BCUT2D eigenvalue weighted by molar-refractivity contribution is 7.09. The lowest BCUT2D eigenvalue weighted by Crippen LogP contribution is -2.66. The fourth-order valence-electron chi connectivity index (χ4n) is 9.07. The molecule has 1 aliphatic carbocycles. The van der Waals surface area contributed by atoms with E-state index in [2.05, 4.69) is 69.3 Å². The zero-order chi connectivity index (χ0) is 36.2. The summed E-state index contributed by atoms with van der Waals surface area (Å²) in [5.41, 5.74) is 2.32. The maximum Gasteiger partial charge on any atom is 0.487 e. The number of nitrogens with zero attached hydrogens (tertiary/aromatic N) is 1. The minimum atomic E-state index is -2.98. The van der Waals surface area contributed by atoms with E-state index in [1.165, 1.54) is 16.2 Å². The number of aromatic hydroxyl groups is 1. The summed E-state index contributed by atoms with van der Waals surface area (Å²) in [4.78, 5) is 31.0. The average Bonchev–Trinajstić information content (AvgIpc) is 3.75. The molecule has 5 aromatic rings. The van der Waals surface area contributed by atoms with Crippen molar-refractivity contribution >= 4 is 59.7 Å². The summed E-state index contributed by atoms with van der Waals surface area (Å²) in [5, 5.41) is 28.1. The normalized spacial score (nSPS) is 22.2. The molecule has 52 heavy (non-hydrogen) atoms. The van der Waals surface area contributed by atoms with Crippen molar-refractivity contribution in [2.75, 3.05) is 6.61 Å². The van der Waals surface area contributed by atoms with Crippen LogP contribution in [0.3, 0.4) is 0 Å². The van der Waals surface area contributed by atoms with Gasteiger partial charge in [0, 0.05) is 10.3 Å². The van der Waals surface area contributed by atoms with E-state index in [0.29, 0.717) is 23.7 Å². The lowest BCUT2D eigenvalue weighted by Gasteiger charge is -2.45. The molecule has 3 heterocycles. The quantitative estimate of drug-likeness (QED) is 0.135. The number of hydrogen-bond donors (Lipinski definition) is 2. The van der Waals surface area contributed by atoms with Gasteiger partial charge in [0.1, 0.15) is 5.75 Å². The Labute approximate surface area is 309 Å². The molecule has 7 nitrogen and oxygen atoms in total. The van der Waals surface area contributed by atoms with E-state index >= 15 is 0 Å². The standard InChI is InChI=1S/C42H42BNO6SSi/c1-42(2,3)52(29-14-6-4-7-15-29,30-16-8-5-9-17-30)49-26-27-23-35-38(41(47)44(40(35)46)25-28-13-12-22-51-28)34-24-37(50-43(48)39(27)34)33-20-21-36(45)32-19-11-10-18-31(32)33/h4-22,34-35,37-38,45,48H,23-26H2,1-3H3/t34-,35-,37-,38+/m0/s1. The van der Waals surface area contributed by atoms with Crippen LogP contribution in [0, 0.1) is 17.8 Å². The Kier molecular flexibility index (Phi) is 9.08. The third-order valence-electron chi connectivity index (χ3n) is 11.4. The lowest BCUT2D eigenvalue weighted by atomic mass is 9.55. The molecular weight excluding hydrogens is 685 g/mol. The second-order valence-electron chi connectivity index (χ2n) is 15.2. The van der Waals surface area contributed by atoms with E-state index in [4.69, 9.17) is 9.08 Å². The largest absolute Gasteiger partial charge is 0.507 e. The van der Waals surface area contributed by atoms with Crippen LogP contribution in [0.4, 0.5) is 0 Å². The van der Waals surface area contributed by atoms with Crippen molar-refractivity contribution in [3.63, 3.8) is 0 Å². The maximum absolute atomic E-state index is 14.4. The van der Waals surface area contributed by atoms with Gasteiger partial charge in [-0.15, -0.1) is 11.3 Å². The predicted octanol–water partition coefficient (Wildman–Crippen LogP) is 6.78. The first-order valence-corrected chi connectivity index (χ1v) is 20.8. The molecule has 0 radical (unpaired) electrons. The number of fused-ring (bicyclic) bond motifs is 4. The first-order chi connectivity index (χ1) is 25.1. The van der Waals surface area contributed by atoms with Crippen molar-refractivity contribution in [1.29, 1.82) is 0 Å². The van der Waals surface area contributed by atoms with Crippen LogP contribution in [0.25, 0.3) is 10.8 Å². The lowest BCUT2D eigenvalue weighted by molar-refractivity contribution is -0.140. The van der Waals surface area contributed by atoms with Crippen LogP contribution in [0.2, 0.25) is 5.04 Å². The highest BCUT2D eigenvalue weighted by Crippen LogP contribution is 2.53. The Morgan fingerprint density at radius 3 is 2.13 bits per heavy atom. The first-order valence-electron chi connectivity index (χ1n) is 18.0. The van der Waals surface area contributed by atoms with E-state index in [0.717, 1.165) is 31.8 Å². The summed E-state index contributed by atoms with van der Waals surface area (Å²) in [5.74, 6) is -1.83. The number of likely N-dealkylation sites (tertiary alicyclic amines) is 1. The Hall–Kier alpha value is -4.32. The molecule has 2 fully saturated rings. The molecule has 264 valence electrons. The van der Waals surface area contributed by atoms with Crippen molar-refractivity contribution in [2.45, 2.75) is 51.3 Å². The van der Waals surface area contributed by atoms with Crippen LogP contribution in [-0.2, 0) is 25.2 Å². The topological polar surface area (TPSA) is 96.3 Å². The molecule has 10 heteroatoms. The summed E-state index contributed by atoms with van der Waals surface area (Å²) in [6.07, 6.45) is 0.144. The Morgan fingerprint density at radius 1 is 0.846 bits per heavy atom. The van der Waals surface area contributed by atoms with E-state index in [-0.39, 0.29) is 35.8 Å². The van der Waals surface area contributed by atoms with E-state index < -0.39 is 39.3 Å². The van der Waals surface area contributed by atoms with Gasteiger partial charge in [-0.1, -0.05) is 118 Å². The number of imide groups is 1. The highest BCUT2D eigenvalue weighted by Gasteiger charge is 2.58. The van der Waals surface area contributed by atoms with Crippen molar-refractivity contribution in [3.05, 3.63) is 136 Å². The van der Waals surface area contributed by atoms with Crippen molar-refractivity contribution in [2.24, 2.45) is 17.8 Å². The summed E-state index contributed by atoms with van der Waals surface area (Å²) in [6, 6.07) is 35.8. The molecule has 4 aromatic carbocycles. The number of carbonyl (C=O) groups is 2. The molecule has 3 aliphatic rings. The van der Waals surface area contributed by atoms with Gasteiger partial charge in [0.15, 0.2) is 0 Å². The molecule has 2 amide bonds. The number of thiophene rings is 1. The molecule has 0 bridgehead atoms. The number of rotatable bonds is 8. The van der Waals surface area contributed by atoms with Gasteiger partial charge >= 0.3 is 7.12 Å². The number of phenols is 1. The number of amides is 2. The molecule has 4 atom stereocenters. The number of hydrogen-bond acceptors (Lipinski definition) is 7. The second kappa shape index (κ2) is 13.6. The van der Waals surface area contributed by atoms with Crippen LogP contribution in [0.1, 0.15) is 50.2 Å². The van der Waals surface area contributed by atoms with Crippen LogP contribution in [-0.4, -0.2) is 48.9 Å². The molecular formula is C42H42BNO6SSi. The van der Waals surface area contributed by atoms with E-state index in [1.54, 1.807) is 6.07 Å². The minimum Gasteiger partial charge on any atom is -0.507 e. The molecule has 8 rings (SSSR count). The SMILES string of the molecule is CC(C)(C)[Si](OCC1=C2B(O)O[C@H](c3ccc(O)c4ccccc34)C[C@H]2[C@H]2C(=O)N(Cc3cccs3)C(=O)[C@H]2C1)(c1ccccc1)c1ccccc1. The fourth-order valence-corrected chi connectivity index (χ4v) is 14.3. The molecule has 0 unspecified atom stereocenters. The summed E-state index contributed by atoms with van der Waals surface area (Å²) in [6.45, 7) is 7.11. The average molecular weight is 728 g/mol. The van der Waals surface area contributed by atoms with Crippen molar-refractivity contribution < 1.29 is 28.8 Å². The third-order valence-corrected chi connectivity index (χ3v) is 17.2. The van der Waals surface area contributed by atoms with Gasteiger partial charge in [-0.3, -0.25) is 14.5 Å². The number of phenolic OH excluding ortho intramolecular Hbond substituents is 1. The van der Waals surface area contributed by atoms with Gasteiger partial charge in [0.05, 0.1) is 31.1 Å². The molecule has 2 saturated heterocycles. The number of allylic oxidation sites excluding steroid dienone is 1. The molecule has 2 N–H and O–H groups in total. The van der Waals surface area contributed by atoms with Crippen LogP contribution in [0.5, 0.6) is 5.75 Å². The van der Waals surface area contributed by atoms with E-state index in [1.807, 2.05) is 60.0 Å². The second-order valence-corrected chi connectivity index (χ2v) is 20.6. The summed E-state index contributed by atoms with van der Waals surface area (Å²) in [7, 11) is -4.28. The first kappa shape index (κ1) is 34.8. The van der Waals surface area contributed by atoms with E-state index in [9.17, 15) is 19.7 Å². The Bertz CT molecular complexity index is 2110. The van der Waals surface area contributed by atoms with Gasteiger partial charge < -0.3 is 19.2 Å². The smallest absolute Gasteiger partial charge is 0.487 e. The number of benzene rings is 4. The van der Waals surface area contributed by atoms with Gasteiger partial charge in [-0.05, 0) is 73.7 Å².